The number of benzene rings is 2. The Hall–Kier alpha value is -3.72. The summed E-state index contributed by atoms with van der Waals surface area (Å²) in [6.45, 7) is 1.55. The lowest BCUT2D eigenvalue weighted by Gasteiger charge is -2.34. The Bertz CT molecular complexity index is 1130. The van der Waals surface area contributed by atoms with Crippen LogP contribution in [0.1, 0.15) is 61.3 Å². The van der Waals surface area contributed by atoms with Gasteiger partial charge in [-0.05, 0) is 35.4 Å². The highest BCUT2D eigenvalue weighted by atomic mass is 16.7. The third kappa shape index (κ3) is 6.35. The Morgan fingerprint density at radius 3 is 2.22 bits per heavy atom. The summed E-state index contributed by atoms with van der Waals surface area (Å²) < 4.78 is 0. The maximum Gasteiger partial charge on any atom is 0.321 e. The van der Waals surface area contributed by atoms with Crippen LogP contribution < -0.4 is 21.8 Å². The van der Waals surface area contributed by atoms with E-state index >= 15 is 0 Å². The van der Waals surface area contributed by atoms with Crippen LogP contribution in [0.2, 0.25) is 0 Å². The van der Waals surface area contributed by atoms with Gasteiger partial charge >= 0.3 is 5.97 Å². The van der Waals surface area contributed by atoms with Gasteiger partial charge in [-0.3, -0.25) is 19.8 Å². The Labute approximate surface area is 217 Å². The number of carbonyl (C=O) groups excluding carboxylic acids is 3. The second kappa shape index (κ2) is 11.6. The van der Waals surface area contributed by atoms with E-state index in [2.05, 4.69) is 16.1 Å². The molecule has 0 heterocycles. The van der Waals surface area contributed by atoms with Gasteiger partial charge in [-0.1, -0.05) is 67.8 Å². The molecule has 0 aliphatic heterocycles. The summed E-state index contributed by atoms with van der Waals surface area (Å²) in [6, 6.07) is 14.2. The SMILES string of the molecule is CC(=O)ON[C@@H](C(=O)NC1(C(=O)NCc2ccc(C(=N)N)cc2)Cc2ccccc2C1)C1CCCCC1. The van der Waals surface area contributed by atoms with E-state index in [1.54, 1.807) is 12.1 Å². The Kier molecular flexibility index (Phi) is 8.23. The summed E-state index contributed by atoms with van der Waals surface area (Å²) in [6.07, 6.45) is 5.58. The Morgan fingerprint density at radius 1 is 1.03 bits per heavy atom. The van der Waals surface area contributed by atoms with Crippen molar-refractivity contribution in [3.05, 3.63) is 70.8 Å². The molecule has 1 saturated carbocycles. The first-order valence-corrected chi connectivity index (χ1v) is 12.8. The molecule has 37 heavy (non-hydrogen) atoms. The number of amides is 2. The highest BCUT2D eigenvalue weighted by Crippen LogP contribution is 2.32. The smallest absolute Gasteiger partial charge is 0.321 e. The summed E-state index contributed by atoms with van der Waals surface area (Å²) >= 11 is 0. The minimum Gasteiger partial charge on any atom is -0.384 e. The number of carbonyl (C=O) groups is 3. The zero-order valence-electron chi connectivity index (χ0n) is 21.1. The minimum atomic E-state index is -1.16. The van der Waals surface area contributed by atoms with E-state index in [1.165, 1.54) is 6.92 Å². The summed E-state index contributed by atoms with van der Waals surface area (Å²) in [5.74, 6) is -1.15. The summed E-state index contributed by atoms with van der Waals surface area (Å²) in [5.41, 5.74) is 10.6. The Morgan fingerprint density at radius 2 is 1.65 bits per heavy atom. The van der Waals surface area contributed by atoms with Gasteiger partial charge in [0.05, 0.1) is 0 Å². The van der Waals surface area contributed by atoms with E-state index in [0.29, 0.717) is 18.4 Å². The molecular weight excluding hydrogens is 470 g/mol. The van der Waals surface area contributed by atoms with Crippen molar-refractivity contribution in [2.24, 2.45) is 11.7 Å². The molecule has 0 bridgehead atoms. The quantitative estimate of drug-likeness (QED) is 0.201. The number of nitrogens with one attached hydrogen (secondary N) is 4. The van der Waals surface area contributed by atoms with Crippen molar-refractivity contribution in [3.63, 3.8) is 0 Å². The maximum atomic E-state index is 13.7. The first-order valence-electron chi connectivity index (χ1n) is 12.8. The minimum absolute atomic E-state index is 0.0109. The summed E-state index contributed by atoms with van der Waals surface area (Å²) in [4.78, 5) is 43.9. The fraction of sp³-hybridized carbons (Fsp3) is 0.429. The van der Waals surface area contributed by atoms with Crippen molar-refractivity contribution in [3.8, 4) is 0 Å². The van der Waals surface area contributed by atoms with Gasteiger partial charge in [0.1, 0.15) is 17.4 Å². The molecule has 2 aliphatic rings. The molecule has 2 aromatic carbocycles. The van der Waals surface area contributed by atoms with E-state index in [1.807, 2.05) is 36.4 Å². The molecule has 0 saturated heterocycles. The molecule has 0 aromatic heterocycles. The van der Waals surface area contributed by atoms with Gasteiger partial charge in [0, 0.05) is 31.9 Å². The molecule has 0 spiro atoms. The molecular formula is C28H35N5O4. The van der Waals surface area contributed by atoms with E-state index < -0.39 is 17.6 Å². The van der Waals surface area contributed by atoms with Crippen molar-refractivity contribution in [1.29, 1.82) is 5.41 Å². The number of hydrogen-bond donors (Lipinski definition) is 5. The molecule has 196 valence electrons. The highest BCUT2D eigenvalue weighted by Gasteiger charge is 2.46. The average molecular weight is 506 g/mol. The third-order valence-electron chi connectivity index (χ3n) is 7.35. The lowest BCUT2D eigenvalue weighted by atomic mass is 9.83. The molecule has 0 radical (unpaired) electrons. The van der Waals surface area contributed by atoms with Crippen molar-refractivity contribution < 1.29 is 19.2 Å². The van der Waals surface area contributed by atoms with Crippen molar-refractivity contribution in [1.82, 2.24) is 16.1 Å². The van der Waals surface area contributed by atoms with Crippen LogP contribution >= 0.6 is 0 Å². The zero-order chi connectivity index (χ0) is 26.4. The molecule has 2 aromatic rings. The van der Waals surface area contributed by atoms with Crippen LogP contribution in [0.5, 0.6) is 0 Å². The number of amidine groups is 1. The van der Waals surface area contributed by atoms with Crippen molar-refractivity contribution >= 4 is 23.6 Å². The maximum absolute atomic E-state index is 13.7. The van der Waals surface area contributed by atoms with Crippen molar-refractivity contribution in [2.45, 2.75) is 70.0 Å². The first kappa shape index (κ1) is 26.3. The molecule has 0 unspecified atom stereocenters. The molecule has 6 N–H and O–H groups in total. The van der Waals surface area contributed by atoms with Crippen LogP contribution in [0.15, 0.2) is 48.5 Å². The molecule has 2 amide bonds. The predicted octanol–water partition coefficient (Wildman–Crippen LogP) is 2.26. The standard InChI is InChI=1S/C28H35N5O4/c1-18(34)37-33-24(20-7-3-2-4-8-20)26(35)32-28(15-22-9-5-6-10-23(22)16-28)27(36)31-17-19-11-13-21(14-12-19)25(29)30/h5-6,9-14,20,24,33H,2-4,7-8,15-17H2,1H3,(H3,29,30)(H,31,36)(H,32,35)/t24-/m1/s1. The number of nitrogens with two attached hydrogens (primary N) is 1. The number of fused-ring (bicyclic) bond motifs is 1. The molecule has 1 atom stereocenters. The largest absolute Gasteiger partial charge is 0.384 e. The normalized spacial score (nSPS) is 17.3. The summed E-state index contributed by atoms with van der Waals surface area (Å²) in [7, 11) is 0. The fourth-order valence-corrected chi connectivity index (χ4v) is 5.37. The highest BCUT2D eigenvalue weighted by molar-refractivity contribution is 5.95. The molecule has 2 aliphatic carbocycles. The number of nitrogen functional groups attached to an aromatic ring is 1. The predicted molar refractivity (Wildman–Crippen MR) is 139 cm³/mol. The van der Waals surface area contributed by atoms with Gasteiger partial charge in [-0.2, -0.15) is 0 Å². The second-order valence-corrected chi connectivity index (χ2v) is 10.1. The van der Waals surface area contributed by atoms with E-state index in [9.17, 15) is 14.4 Å². The van der Waals surface area contributed by atoms with Gasteiger partial charge in [0.15, 0.2) is 0 Å². The zero-order valence-corrected chi connectivity index (χ0v) is 21.1. The lowest BCUT2D eigenvalue weighted by Crippen LogP contribution is -2.63. The topological polar surface area (TPSA) is 146 Å². The third-order valence-corrected chi connectivity index (χ3v) is 7.35. The first-order chi connectivity index (χ1) is 17.8. The van der Waals surface area contributed by atoms with Gasteiger partial charge in [-0.15, -0.1) is 5.48 Å². The molecule has 1 fully saturated rings. The number of rotatable bonds is 9. The van der Waals surface area contributed by atoms with Crippen LogP contribution in [-0.2, 0) is 38.6 Å². The van der Waals surface area contributed by atoms with Gasteiger partial charge < -0.3 is 21.2 Å². The van der Waals surface area contributed by atoms with E-state index in [4.69, 9.17) is 16.0 Å². The Balaban J connectivity index is 1.53. The van der Waals surface area contributed by atoms with Crippen LogP contribution in [-0.4, -0.2) is 35.2 Å². The second-order valence-electron chi connectivity index (χ2n) is 10.1. The van der Waals surface area contributed by atoms with Gasteiger partial charge in [0.2, 0.25) is 11.8 Å². The monoisotopic (exact) mass is 505 g/mol. The van der Waals surface area contributed by atoms with Crippen LogP contribution in [0.3, 0.4) is 0 Å². The lowest BCUT2D eigenvalue weighted by molar-refractivity contribution is -0.154. The molecule has 9 nitrogen and oxygen atoms in total. The fourth-order valence-electron chi connectivity index (χ4n) is 5.37. The van der Waals surface area contributed by atoms with Crippen LogP contribution in [0.4, 0.5) is 0 Å². The summed E-state index contributed by atoms with van der Waals surface area (Å²) in [5, 5.41) is 13.6. The van der Waals surface area contributed by atoms with Crippen molar-refractivity contribution in [2.75, 3.05) is 0 Å². The van der Waals surface area contributed by atoms with Gasteiger partial charge in [0.25, 0.3) is 0 Å². The molecule has 4 rings (SSSR count). The van der Waals surface area contributed by atoms with Crippen LogP contribution in [0.25, 0.3) is 0 Å². The average Bonchev–Trinajstić information content (AvgIpc) is 3.27. The molecule has 9 heteroatoms. The van der Waals surface area contributed by atoms with Crippen LogP contribution in [0, 0.1) is 11.3 Å². The van der Waals surface area contributed by atoms with E-state index in [0.717, 1.165) is 48.8 Å². The number of hydroxylamine groups is 1. The number of hydrogen-bond acceptors (Lipinski definition) is 6. The van der Waals surface area contributed by atoms with Gasteiger partial charge in [-0.25, -0.2) is 0 Å². The van der Waals surface area contributed by atoms with E-state index in [-0.39, 0.29) is 30.1 Å².